The molecule has 3 atom stereocenters. The second-order valence-corrected chi connectivity index (χ2v) is 8.69. The summed E-state index contributed by atoms with van der Waals surface area (Å²) in [6.45, 7) is 3.62. The van der Waals surface area contributed by atoms with Crippen LogP contribution in [0.5, 0.6) is 0 Å². The van der Waals surface area contributed by atoms with Gasteiger partial charge in [-0.15, -0.1) is 0 Å². The Balaban J connectivity index is 1.74. The summed E-state index contributed by atoms with van der Waals surface area (Å²) in [4.78, 5) is 11.2. The van der Waals surface area contributed by atoms with E-state index in [1.807, 2.05) is 6.08 Å². The molecule has 0 bridgehead atoms. The molecular weight excluding hydrogens is 380 g/mol. The third-order valence-electron chi connectivity index (χ3n) is 6.43. The van der Waals surface area contributed by atoms with Gasteiger partial charge in [0.15, 0.2) is 5.79 Å². The predicted octanol–water partition coefficient (Wildman–Crippen LogP) is 5.32. The average molecular weight is 423 g/mol. The molecule has 1 heterocycles. The minimum atomic E-state index is -0.415. The van der Waals surface area contributed by atoms with Crippen molar-refractivity contribution in [3.05, 3.63) is 24.3 Å². The molecule has 2 aliphatic rings. The summed E-state index contributed by atoms with van der Waals surface area (Å²) in [6.07, 6.45) is 20.0. The third-order valence-corrected chi connectivity index (χ3v) is 6.43. The number of carbonyl (C=O) groups excluding carboxylic acids is 1. The lowest BCUT2D eigenvalue weighted by Crippen LogP contribution is -2.31. The van der Waals surface area contributed by atoms with Gasteiger partial charge in [-0.1, -0.05) is 56.9 Å². The maximum absolute atomic E-state index is 11.2. The van der Waals surface area contributed by atoms with Crippen LogP contribution in [-0.4, -0.2) is 43.3 Å². The molecule has 0 aromatic rings. The largest absolute Gasteiger partial charge is 0.469 e. The van der Waals surface area contributed by atoms with Gasteiger partial charge in [-0.3, -0.25) is 4.79 Å². The molecule has 2 rings (SSSR count). The van der Waals surface area contributed by atoms with Gasteiger partial charge in [0.2, 0.25) is 0 Å². The third kappa shape index (κ3) is 8.52. The number of carbonyl (C=O) groups is 1. The van der Waals surface area contributed by atoms with E-state index in [2.05, 4.69) is 29.9 Å². The summed E-state index contributed by atoms with van der Waals surface area (Å²) in [5.74, 6) is -0.00845. The zero-order valence-electron chi connectivity index (χ0n) is 19.0. The number of hydrogen-bond donors (Lipinski definition) is 1. The van der Waals surface area contributed by atoms with E-state index in [0.29, 0.717) is 25.6 Å². The molecule has 5 nitrogen and oxygen atoms in total. The van der Waals surface area contributed by atoms with Crippen LogP contribution < -0.4 is 0 Å². The van der Waals surface area contributed by atoms with Crippen LogP contribution in [0, 0.1) is 11.8 Å². The summed E-state index contributed by atoms with van der Waals surface area (Å²) in [7, 11) is 1.42. The Morgan fingerprint density at radius 3 is 2.60 bits per heavy atom. The van der Waals surface area contributed by atoms with E-state index in [9.17, 15) is 9.90 Å². The molecule has 30 heavy (non-hydrogen) atoms. The van der Waals surface area contributed by atoms with Gasteiger partial charge in [-0.05, 0) is 43.9 Å². The summed E-state index contributed by atoms with van der Waals surface area (Å²) in [6, 6.07) is 0. The first kappa shape index (κ1) is 25.1. The lowest BCUT2D eigenvalue weighted by Gasteiger charge is -2.30. The molecule has 1 fully saturated rings. The molecule has 1 N–H and O–H groups in total. The second kappa shape index (κ2) is 14.0. The van der Waals surface area contributed by atoms with Crippen LogP contribution in [0.25, 0.3) is 0 Å². The Bertz CT molecular complexity index is 536. The Morgan fingerprint density at radius 1 is 1.10 bits per heavy atom. The van der Waals surface area contributed by atoms with Crippen molar-refractivity contribution in [1.29, 1.82) is 0 Å². The first-order valence-electron chi connectivity index (χ1n) is 12.0. The smallest absolute Gasteiger partial charge is 0.305 e. The molecule has 0 radical (unpaired) electrons. The topological polar surface area (TPSA) is 65.0 Å². The van der Waals surface area contributed by atoms with E-state index >= 15 is 0 Å². The van der Waals surface area contributed by atoms with E-state index in [1.54, 1.807) is 0 Å². The number of methoxy groups -OCH3 is 1. The van der Waals surface area contributed by atoms with Crippen LogP contribution in [0.2, 0.25) is 0 Å². The number of hydrogen-bond acceptors (Lipinski definition) is 5. The number of aliphatic hydroxyl groups is 1. The van der Waals surface area contributed by atoms with Crippen LogP contribution in [0.4, 0.5) is 0 Å². The highest BCUT2D eigenvalue weighted by atomic mass is 16.7. The monoisotopic (exact) mass is 422 g/mol. The Hall–Kier alpha value is -1.17. The van der Waals surface area contributed by atoms with Crippen LogP contribution in [-0.2, 0) is 19.0 Å². The predicted molar refractivity (Wildman–Crippen MR) is 119 cm³/mol. The van der Waals surface area contributed by atoms with Crippen LogP contribution in [0.15, 0.2) is 24.3 Å². The van der Waals surface area contributed by atoms with Gasteiger partial charge < -0.3 is 19.3 Å². The van der Waals surface area contributed by atoms with E-state index in [-0.39, 0.29) is 18.0 Å². The molecule has 1 aliphatic carbocycles. The quantitative estimate of drug-likeness (QED) is 0.220. The van der Waals surface area contributed by atoms with E-state index < -0.39 is 5.79 Å². The summed E-state index contributed by atoms with van der Waals surface area (Å²) in [5, 5.41) is 10.4. The van der Waals surface area contributed by atoms with Crippen molar-refractivity contribution in [3.63, 3.8) is 0 Å². The zero-order valence-corrected chi connectivity index (χ0v) is 19.0. The Labute approximate surface area is 182 Å². The van der Waals surface area contributed by atoms with E-state index in [1.165, 1.54) is 32.8 Å². The highest BCUT2D eigenvalue weighted by Gasteiger charge is 2.38. The van der Waals surface area contributed by atoms with Crippen LogP contribution >= 0.6 is 0 Å². The molecular formula is C25H42O5. The van der Waals surface area contributed by atoms with Crippen LogP contribution in [0.1, 0.15) is 84.0 Å². The van der Waals surface area contributed by atoms with Crippen molar-refractivity contribution in [2.45, 2.75) is 95.9 Å². The number of aliphatic hydroxyl groups excluding tert-OH is 1. The number of esters is 1. The molecule has 1 aliphatic heterocycles. The van der Waals surface area contributed by atoms with Crippen molar-refractivity contribution in [3.8, 4) is 0 Å². The fourth-order valence-electron chi connectivity index (χ4n) is 4.55. The van der Waals surface area contributed by atoms with Gasteiger partial charge in [0.1, 0.15) is 0 Å². The normalized spacial score (nSPS) is 25.4. The molecule has 0 aromatic heterocycles. The number of rotatable bonds is 15. The van der Waals surface area contributed by atoms with Crippen molar-refractivity contribution >= 4 is 5.97 Å². The van der Waals surface area contributed by atoms with Gasteiger partial charge in [-0.25, -0.2) is 0 Å². The van der Waals surface area contributed by atoms with Gasteiger partial charge >= 0.3 is 5.97 Å². The van der Waals surface area contributed by atoms with Crippen LogP contribution in [0.3, 0.4) is 0 Å². The average Bonchev–Trinajstić information content (AvgIpc) is 3.36. The van der Waals surface area contributed by atoms with Crippen molar-refractivity contribution < 1.29 is 24.1 Å². The molecule has 0 saturated carbocycles. The molecule has 172 valence electrons. The fourth-order valence-corrected chi connectivity index (χ4v) is 4.55. The highest BCUT2D eigenvalue weighted by molar-refractivity contribution is 5.69. The Morgan fingerprint density at radius 2 is 1.87 bits per heavy atom. The molecule has 5 heteroatoms. The maximum Gasteiger partial charge on any atom is 0.305 e. The minimum absolute atomic E-state index is 0.158. The SMILES string of the molecule is CCCCCCCC1(CCC2C=CC(O)C2C/C=C/CCCC(=O)OC)OCCO1. The summed E-state index contributed by atoms with van der Waals surface area (Å²) in [5.41, 5.74) is 0. The number of unbranched alkanes of at least 4 members (excludes halogenated alkanes) is 5. The van der Waals surface area contributed by atoms with E-state index in [4.69, 9.17) is 9.47 Å². The standard InChI is InChI=1S/C25H42O5/c1-3-4-5-8-11-17-25(29-19-20-30-25)18-16-21-14-15-23(26)22(21)12-9-6-7-10-13-24(27)28-2/h6,9,14-15,21-23,26H,3-5,7-8,10-13,16-20H2,1-2H3/b9-6+. The van der Waals surface area contributed by atoms with Gasteiger partial charge in [0.25, 0.3) is 0 Å². The Kier molecular flexibility index (Phi) is 11.7. The second-order valence-electron chi connectivity index (χ2n) is 8.69. The fraction of sp³-hybridized carbons (Fsp3) is 0.800. The van der Waals surface area contributed by atoms with Gasteiger partial charge in [0, 0.05) is 19.3 Å². The van der Waals surface area contributed by atoms with Gasteiger partial charge in [0.05, 0.1) is 26.4 Å². The lowest BCUT2D eigenvalue weighted by atomic mass is 9.85. The molecule has 0 aromatic carbocycles. The van der Waals surface area contributed by atoms with Crippen molar-refractivity contribution in [1.82, 2.24) is 0 Å². The summed E-state index contributed by atoms with van der Waals surface area (Å²) >= 11 is 0. The van der Waals surface area contributed by atoms with Crippen molar-refractivity contribution in [2.75, 3.05) is 20.3 Å². The number of ether oxygens (including phenoxy) is 3. The zero-order chi connectivity index (χ0) is 21.7. The maximum atomic E-state index is 11.2. The molecule has 0 amide bonds. The first-order chi connectivity index (χ1) is 14.6. The first-order valence-corrected chi connectivity index (χ1v) is 12.0. The number of allylic oxidation sites excluding steroid dienone is 3. The van der Waals surface area contributed by atoms with Crippen molar-refractivity contribution in [2.24, 2.45) is 11.8 Å². The van der Waals surface area contributed by atoms with Gasteiger partial charge in [-0.2, -0.15) is 0 Å². The molecule has 1 saturated heterocycles. The minimum Gasteiger partial charge on any atom is -0.469 e. The molecule has 3 unspecified atom stereocenters. The highest BCUT2D eigenvalue weighted by Crippen LogP contribution is 2.38. The molecule has 0 spiro atoms. The van der Waals surface area contributed by atoms with E-state index in [0.717, 1.165) is 44.9 Å². The summed E-state index contributed by atoms with van der Waals surface area (Å²) < 4.78 is 16.8. The lowest BCUT2D eigenvalue weighted by molar-refractivity contribution is -0.170.